The first-order valence-electron chi connectivity index (χ1n) is 5.27. The Morgan fingerprint density at radius 1 is 1.00 bits per heavy atom. The van der Waals surface area contributed by atoms with Crippen LogP contribution in [0.25, 0.3) is 0 Å². The summed E-state index contributed by atoms with van der Waals surface area (Å²) in [6, 6.07) is 0. The Hall–Kier alpha value is 0. The van der Waals surface area contributed by atoms with Crippen molar-refractivity contribution in [2.24, 2.45) is 23.7 Å². The predicted octanol–water partition coefficient (Wildman–Crippen LogP) is 3.47. The Labute approximate surface area is 70.4 Å². The zero-order valence-corrected chi connectivity index (χ0v) is 7.84. The summed E-state index contributed by atoms with van der Waals surface area (Å²) in [5, 5.41) is 0. The molecule has 0 aliphatic heterocycles. The molecule has 0 bridgehead atoms. The lowest BCUT2D eigenvalue weighted by Gasteiger charge is -2.35. The van der Waals surface area contributed by atoms with Crippen LogP contribution in [0.3, 0.4) is 0 Å². The maximum absolute atomic E-state index is 2.47. The average Bonchev–Trinajstić information content (AvgIpc) is 2.34. The molecule has 0 nitrogen and oxygen atoms in total. The molecule has 0 aromatic rings. The molecule has 0 heteroatoms. The molecule has 0 saturated heterocycles. The van der Waals surface area contributed by atoms with Gasteiger partial charge < -0.3 is 0 Å². The fourth-order valence-electron chi connectivity index (χ4n) is 3.53. The molecule has 0 N–H and O–H groups in total. The van der Waals surface area contributed by atoms with E-state index in [0.29, 0.717) is 0 Å². The summed E-state index contributed by atoms with van der Waals surface area (Å²) in [6.07, 6.45) is 7.64. The number of rotatable bonds is 0. The molecule has 2 fully saturated rings. The standard InChI is InChI=1S/C11H20/c1-8-6-9(2)11-5-3-4-10(11)7-8/h8-11H,3-7H2,1-2H3. The third-order valence-corrected chi connectivity index (χ3v) is 3.93. The fourth-order valence-corrected chi connectivity index (χ4v) is 3.53. The lowest BCUT2D eigenvalue weighted by atomic mass is 9.71. The average molecular weight is 152 g/mol. The topological polar surface area (TPSA) is 0 Å². The Morgan fingerprint density at radius 3 is 2.64 bits per heavy atom. The van der Waals surface area contributed by atoms with E-state index < -0.39 is 0 Å². The molecule has 2 aliphatic rings. The highest BCUT2D eigenvalue weighted by Gasteiger charge is 2.36. The first-order valence-corrected chi connectivity index (χ1v) is 5.27. The largest absolute Gasteiger partial charge is 0.0625 e. The fraction of sp³-hybridized carbons (Fsp3) is 1.00. The molecule has 4 unspecified atom stereocenters. The van der Waals surface area contributed by atoms with Gasteiger partial charge in [0.25, 0.3) is 0 Å². The van der Waals surface area contributed by atoms with E-state index in [0.717, 1.165) is 23.7 Å². The van der Waals surface area contributed by atoms with Crippen molar-refractivity contribution in [2.75, 3.05) is 0 Å². The van der Waals surface area contributed by atoms with Crippen molar-refractivity contribution >= 4 is 0 Å². The van der Waals surface area contributed by atoms with E-state index >= 15 is 0 Å². The molecule has 0 aromatic heterocycles. The van der Waals surface area contributed by atoms with Gasteiger partial charge in [-0.05, 0) is 42.9 Å². The summed E-state index contributed by atoms with van der Waals surface area (Å²) < 4.78 is 0. The van der Waals surface area contributed by atoms with Crippen molar-refractivity contribution in [2.45, 2.75) is 46.0 Å². The van der Waals surface area contributed by atoms with Crippen LogP contribution >= 0.6 is 0 Å². The first kappa shape index (κ1) is 7.64. The summed E-state index contributed by atoms with van der Waals surface area (Å²) in [5.41, 5.74) is 0. The third kappa shape index (κ3) is 1.32. The van der Waals surface area contributed by atoms with Gasteiger partial charge in [-0.1, -0.05) is 26.7 Å². The summed E-state index contributed by atoms with van der Waals surface area (Å²) in [7, 11) is 0. The van der Waals surface area contributed by atoms with Crippen LogP contribution in [0.4, 0.5) is 0 Å². The van der Waals surface area contributed by atoms with Gasteiger partial charge in [-0.2, -0.15) is 0 Å². The number of fused-ring (bicyclic) bond motifs is 1. The van der Waals surface area contributed by atoms with Gasteiger partial charge in [0.05, 0.1) is 0 Å². The third-order valence-electron chi connectivity index (χ3n) is 3.93. The lowest BCUT2D eigenvalue weighted by molar-refractivity contribution is 0.151. The summed E-state index contributed by atoms with van der Waals surface area (Å²) in [5.74, 6) is 4.29. The molecule has 2 saturated carbocycles. The van der Waals surface area contributed by atoms with Crippen LogP contribution in [0.1, 0.15) is 46.0 Å². The van der Waals surface area contributed by atoms with Gasteiger partial charge in [-0.15, -0.1) is 0 Å². The zero-order chi connectivity index (χ0) is 7.84. The van der Waals surface area contributed by atoms with E-state index in [-0.39, 0.29) is 0 Å². The molecule has 2 rings (SSSR count). The Bertz CT molecular complexity index is 139. The molecule has 0 amide bonds. The second-order valence-corrected chi connectivity index (χ2v) is 4.91. The summed E-state index contributed by atoms with van der Waals surface area (Å²) in [6.45, 7) is 4.91. The van der Waals surface area contributed by atoms with Crippen LogP contribution in [0.2, 0.25) is 0 Å². The second kappa shape index (κ2) is 2.80. The van der Waals surface area contributed by atoms with E-state index in [1.165, 1.54) is 19.3 Å². The van der Waals surface area contributed by atoms with E-state index in [1.807, 2.05) is 0 Å². The monoisotopic (exact) mass is 152 g/mol. The smallest absolute Gasteiger partial charge is 0.0360 e. The summed E-state index contributed by atoms with van der Waals surface area (Å²) in [4.78, 5) is 0. The van der Waals surface area contributed by atoms with Crippen molar-refractivity contribution in [1.82, 2.24) is 0 Å². The quantitative estimate of drug-likeness (QED) is 0.498. The van der Waals surface area contributed by atoms with E-state index in [1.54, 1.807) is 12.8 Å². The molecule has 64 valence electrons. The molecule has 0 spiro atoms. The predicted molar refractivity (Wildman–Crippen MR) is 48.4 cm³/mol. The van der Waals surface area contributed by atoms with Gasteiger partial charge in [0, 0.05) is 0 Å². The molecule has 4 atom stereocenters. The van der Waals surface area contributed by atoms with Crippen LogP contribution in [-0.4, -0.2) is 0 Å². The van der Waals surface area contributed by atoms with Crippen LogP contribution in [0.5, 0.6) is 0 Å². The SMILES string of the molecule is CC1CC(C)C2CCCC2C1. The zero-order valence-electron chi connectivity index (χ0n) is 7.84. The first-order chi connectivity index (χ1) is 5.27. The van der Waals surface area contributed by atoms with E-state index in [4.69, 9.17) is 0 Å². The molecule has 11 heavy (non-hydrogen) atoms. The van der Waals surface area contributed by atoms with Gasteiger partial charge in [0.1, 0.15) is 0 Å². The maximum atomic E-state index is 2.47. The van der Waals surface area contributed by atoms with E-state index in [2.05, 4.69) is 13.8 Å². The van der Waals surface area contributed by atoms with Gasteiger partial charge in [0.15, 0.2) is 0 Å². The lowest BCUT2D eigenvalue weighted by Crippen LogP contribution is -2.26. The molecule has 0 aromatic carbocycles. The molecule has 2 aliphatic carbocycles. The normalized spacial score (nSPS) is 50.7. The minimum absolute atomic E-state index is 1.02. The van der Waals surface area contributed by atoms with Crippen molar-refractivity contribution in [3.8, 4) is 0 Å². The van der Waals surface area contributed by atoms with Crippen LogP contribution in [0.15, 0.2) is 0 Å². The Morgan fingerprint density at radius 2 is 1.82 bits per heavy atom. The minimum Gasteiger partial charge on any atom is -0.0625 e. The van der Waals surface area contributed by atoms with Gasteiger partial charge in [0.2, 0.25) is 0 Å². The van der Waals surface area contributed by atoms with Gasteiger partial charge in [-0.25, -0.2) is 0 Å². The second-order valence-electron chi connectivity index (χ2n) is 4.91. The Kier molecular flexibility index (Phi) is 1.95. The van der Waals surface area contributed by atoms with E-state index in [9.17, 15) is 0 Å². The minimum atomic E-state index is 1.02. The van der Waals surface area contributed by atoms with Crippen molar-refractivity contribution < 1.29 is 0 Å². The highest BCUT2D eigenvalue weighted by Crippen LogP contribution is 2.46. The van der Waals surface area contributed by atoms with Gasteiger partial charge in [-0.3, -0.25) is 0 Å². The van der Waals surface area contributed by atoms with Crippen LogP contribution in [-0.2, 0) is 0 Å². The molecule has 0 radical (unpaired) electrons. The summed E-state index contributed by atoms with van der Waals surface area (Å²) >= 11 is 0. The molecular formula is C11H20. The van der Waals surface area contributed by atoms with Crippen molar-refractivity contribution in [1.29, 1.82) is 0 Å². The maximum Gasteiger partial charge on any atom is -0.0360 e. The number of hydrogen-bond donors (Lipinski definition) is 0. The van der Waals surface area contributed by atoms with Crippen LogP contribution in [0, 0.1) is 23.7 Å². The van der Waals surface area contributed by atoms with Crippen molar-refractivity contribution in [3.63, 3.8) is 0 Å². The molecule has 0 heterocycles. The Balaban J connectivity index is 2.04. The number of hydrogen-bond acceptors (Lipinski definition) is 0. The van der Waals surface area contributed by atoms with Crippen LogP contribution < -0.4 is 0 Å². The highest BCUT2D eigenvalue weighted by atomic mass is 14.4. The molecular weight excluding hydrogens is 132 g/mol. The van der Waals surface area contributed by atoms with Gasteiger partial charge >= 0.3 is 0 Å². The van der Waals surface area contributed by atoms with Crippen molar-refractivity contribution in [3.05, 3.63) is 0 Å². The highest BCUT2D eigenvalue weighted by molar-refractivity contribution is 4.87.